The van der Waals surface area contributed by atoms with Gasteiger partial charge in [-0.1, -0.05) is 44.6 Å². The van der Waals surface area contributed by atoms with Crippen LogP contribution in [0.4, 0.5) is 0 Å². The molecule has 0 aliphatic heterocycles. The van der Waals surface area contributed by atoms with Crippen molar-refractivity contribution in [1.29, 1.82) is 0 Å². The summed E-state index contributed by atoms with van der Waals surface area (Å²) in [5, 5.41) is 0. The van der Waals surface area contributed by atoms with E-state index >= 15 is 0 Å². The fraction of sp³-hybridized carbons (Fsp3) is 0.600. The van der Waals surface area contributed by atoms with Gasteiger partial charge in [-0.15, -0.1) is 0 Å². The minimum absolute atomic E-state index is 0.741. The molecule has 0 nitrogen and oxygen atoms in total. The Morgan fingerprint density at radius 2 is 2.00 bits per heavy atom. The van der Waals surface area contributed by atoms with Gasteiger partial charge in [0.05, 0.1) is 0 Å². The molecular weight excluding hydrogens is 120 g/mol. The smallest absolute Gasteiger partial charge is 0.0169 e. The molecule has 0 aromatic carbocycles. The van der Waals surface area contributed by atoms with Crippen molar-refractivity contribution in [2.24, 2.45) is 5.92 Å². The molecule has 10 heavy (non-hydrogen) atoms. The van der Waals surface area contributed by atoms with Crippen molar-refractivity contribution in [3.63, 3.8) is 0 Å². The summed E-state index contributed by atoms with van der Waals surface area (Å²) >= 11 is 0. The van der Waals surface area contributed by atoms with Crippen LogP contribution in [-0.4, -0.2) is 0 Å². The number of hydrogen-bond donors (Lipinski definition) is 0. The van der Waals surface area contributed by atoms with Crippen LogP contribution in [0.15, 0.2) is 24.3 Å². The van der Waals surface area contributed by atoms with Crippen molar-refractivity contribution in [1.82, 2.24) is 0 Å². The van der Waals surface area contributed by atoms with E-state index in [4.69, 9.17) is 0 Å². The minimum atomic E-state index is 0.741. The third-order valence-corrected chi connectivity index (χ3v) is 1.62. The van der Waals surface area contributed by atoms with Crippen molar-refractivity contribution < 1.29 is 0 Å². The molecule has 0 aromatic rings. The van der Waals surface area contributed by atoms with Crippen LogP contribution in [0.2, 0.25) is 0 Å². The summed E-state index contributed by atoms with van der Waals surface area (Å²) in [5.41, 5.74) is 0. The number of hydrogen-bond acceptors (Lipinski definition) is 0. The maximum atomic E-state index is 2.28. The molecule has 0 aliphatic carbocycles. The van der Waals surface area contributed by atoms with Crippen LogP contribution >= 0.6 is 0 Å². The predicted octanol–water partition coefficient (Wildman–Crippen LogP) is 3.55. The predicted molar refractivity (Wildman–Crippen MR) is 48.0 cm³/mol. The third-order valence-electron chi connectivity index (χ3n) is 1.62. The topological polar surface area (TPSA) is 0 Å². The first-order valence-corrected chi connectivity index (χ1v) is 4.09. The zero-order chi connectivity index (χ0) is 7.82. The van der Waals surface area contributed by atoms with Crippen LogP contribution in [0.25, 0.3) is 0 Å². The lowest BCUT2D eigenvalue weighted by Gasteiger charge is -1.97. The Hall–Kier alpha value is -0.520. The van der Waals surface area contributed by atoms with Crippen LogP contribution in [0, 0.1) is 5.92 Å². The number of allylic oxidation sites excluding steroid dienone is 4. The molecule has 0 amide bonds. The van der Waals surface area contributed by atoms with E-state index in [0.29, 0.717) is 0 Å². The van der Waals surface area contributed by atoms with Gasteiger partial charge in [0.2, 0.25) is 0 Å². The quantitative estimate of drug-likeness (QED) is 0.521. The fourth-order valence-electron chi connectivity index (χ4n) is 0.662. The molecule has 1 unspecified atom stereocenters. The highest BCUT2D eigenvalue weighted by molar-refractivity contribution is 4.93. The summed E-state index contributed by atoms with van der Waals surface area (Å²) in [4.78, 5) is 0. The van der Waals surface area contributed by atoms with E-state index in [9.17, 15) is 0 Å². The van der Waals surface area contributed by atoms with E-state index in [-0.39, 0.29) is 0 Å². The van der Waals surface area contributed by atoms with Gasteiger partial charge in [-0.25, -0.2) is 0 Å². The summed E-state index contributed by atoms with van der Waals surface area (Å²) in [6.45, 7) is 6.51. The van der Waals surface area contributed by atoms with Crippen molar-refractivity contribution in [3.05, 3.63) is 24.3 Å². The standard InChI is InChI=1S/C10H18/c1-4-6-7-8-9-10(3)5-2/h4,6,8-10H,5,7H2,1-3H3/b6-4+,9-8?. The van der Waals surface area contributed by atoms with Crippen LogP contribution < -0.4 is 0 Å². The van der Waals surface area contributed by atoms with Gasteiger partial charge >= 0.3 is 0 Å². The summed E-state index contributed by atoms with van der Waals surface area (Å²) in [7, 11) is 0. The van der Waals surface area contributed by atoms with Crippen molar-refractivity contribution in [3.8, 4) is 0 Å². The van der Waals surface area contributed by atoms with E-state index < -0.39 is 0 Å². The van der Waals surface area contributed by atoms with E-state index in [1.165, 1.54) is 6.42 Å². The molecule has 0 spiro atoms. The molecule has 0 aliphatic rings. The molecule has 0 bridgehead atoms. The zero-order valence-electron chi connectivity index (χ0n) is 7.30. The van der Waals surface area contributed by atoms with Gasteiger partial charge < -0.3 is 0 Å². The fourth-order valence-corrected chi connectivity index (χ4v) is 0.662. The Kier molecular flexibility index (Phi) is 6.25. The third kappa shape index (κ3) is 5.61. The van der Waals surface area contributed by atoms with Gasteiger partial charge in [0.25, 0.3) is 0 Å². The second-order valence-electron chi connectivity index (χ2n) is 2.62. The van der Waals surface area contributed by atoms with Gasteiger partial charge in [-0.05, 0) is 19.3 Å². The Bertz CT molecular complexity index is 109. The Morgan fingerprint density at radius 3 is 2.50 bits per heavy atom. The summed E-state index contributed by atoms with van der Waals surface area (Å²) in [6.07, 6.45) is 11.1. The molecule has 0 N–H and O–H groups in total. The molecule has 0 fully saturated rings. The molecule has 0 heteroatoms. The highest BCUT2D eigenvalue weighted by Gasteiger charge is 1.87. The lowest BCUT2D eigenvalue weighted by molar-refractivity contribution is 0.696. The Balaban J connectivity index is 3.35. The van der Waals surface area contributed by atoms with E-state index in [1.807, 2.05) is 0 Å². The summed E-state index contributed by atoms with van der Waals surface area (Å²) in [6, 6.07) is 0. The maximum absolute atomic E-state index is 2.28. The number of rotatable bonds is 4. The highest BCUT2D eigenvalue weighted by Crippen LogP contribution is 2.02. The molecule has 1 atom stereocenters. The first kappa shape index (κ1) is 9.48. The van der Waals surface area contributed by atoms with Crippen LogP contribution in [-0.2, 0) is 0 Å². The van der Waals surface area contributed by atoms with Crippen LogP contribution in [0.1, 0.15) is 33.6 Å². The monoisotopic (exact) mass is 138 g/mol. The summed E-state index contributed by atoms with van der Waals surface area (Å²) < 4.78 is 0. The van der Waals surface area contributed by atoms with Gasteiger partial charge in [-0.3, -0.25) is 0 Å². The molecular formula is C10H18. The average Bonchev–Trinajstić information content (AvgIpc) is 1.98. The van der Waals surface area contributed by atoms with Gasteiger partial charge in [0.1, 0.15) is 0 Å². The van der Waals surface area contributed by atoms with Crippen molar-refractivity contribution >= 4 is 0 Å². The second-order valence-corrected chi connectivity index (χ2v) is 2.62. The lowest BCUT2D eigenvalue weighted by atomic mass is 10.1. The van der Waals surface area contributed by atoms with Crippen LogP contribution in [0.3, 0.4) is 0 Å². The molecule has 0 radical (unpaired) electrons. The lowest BCUT2D eigenvalue weighted by Crippen LogP contribution is -1.82. The SMILES string of the molecule is C/C=C/CC=CC(C)CC. The second kappa shape index (κ2) is 6.60. The van der Waals surface area contributed by atoms with E-state index in [2.05, 4.69) is 45.1 Å². The molecule has 0 heterocycles. The largest absolute Gasteiger partial charge is 0.0914 e. The average molecular weight is 138 g/mol. The van der Waals surface area contributed by atoms with Crippen LogP contribution in [0.5, 0.6) is 0 Å². The molecule has 0 rings (SSSR count). The first-order valence-electron chi connectivity index (χ1n) is 4.09. The van der Waals surface area contributed by atoms with Gasteiger partial charge in [-0.2, -0.15) is 0 Å². The highest BCUT2D eigenvalue weighted by atomic mass is 13.9. The van der Waals surface area contributed by atoms with Crippen molar-refractivity contribution in [2.45, 2.75) is 33.6 Å². The van der Waals surface area contributed by atoms with Gasteiger partial charge in [0.15, 0.2) is 0 Å². The van der Waals surface area contributed by atoms with Gasteiger partial charge in [0, 0.05) is 0 Å². The molecule has 0 saturated heterocycles. The van der Waals surface area contributed by atoms with Crippen molar-refractivity contribution in [2.75, 3.05) is 0 Å². The Labute approximate surface area is 64.6 Å². The van der Waals surface area contributed by atoms with E-state index in [0.717, 1.165) is 12.3 Å². The maximum Gasteiger partial charge on any atom is -0.0169 e. The molecule has 0 aromatic heterocycles. The molecule has 58 valence electrons. The first-order chi connectivity index (χ1) is 4.81. The zero-order valence-corrected chi connectivity index (χ0v) is 7.30. The van der Waals surface area contributed by atoms with E-state index in [1.54, 1.807) is 0 Å². The molecule has 0 saturated carbocycles. The Morgan fingerprint density at radius 1 is 1.30 bits per heavy atom. The summed E-state index contributed by atoms with van der Waals surface area (Å²) in [5.74, 6) is 0.741. The normalized spacial score (nSPS) is 15.1. The minimum Gasteiger partial charge on any atom is -0.0914 e.